The van der Waals surface area contributed by atoms with Crippen molar-refractivity contribution in [2.45, 2.75) is 10.5 Å². The van der Waals surface area contributed by atoms with Crippen LogP contribution in [0.2, 0.25) is 5.02 Å². The SMILES string of the molecule is NC(=O)C(O)(c1ccccc1)c1cccc(NS(=O)(=O)c2ccc(Cl)cc2)c1. The van der Waals surface area contributed by atoms with Crippen LogP contribution in [-0.2, 0) is 20.4 Å². The number of aliphatic hydroxyl groups is 1. The standard InChI is InChI=1S/C20H17ClN2O4S/c21-16-9-11-18(12-10-16)28(26,27)23-17-8-4-7-15(13-17)20(25,19(22)24)14-5-2-1-3-6-14/h1-13,23,25H,(H2,22,24). The summed E-state index contributed by atoms with van der Waals surface area (Å²) in [6, 6.07) is 19.8. The first-order valence-corrected chi connectivity index (χ1v) is 10.1. The van der Waals surface area contributed by atoms with E-state index in [1.165, 1.54) is 48.5 Å². The summed E-state index contributed by atoms with van der Waals surface area (Å²) in [6.45, 7) is 0. The van der Waals surface area contributed by atoms with Gasteiger partial charge in [-0.3, -0.25) is 9.52 Å². The van der Waals surface area contributed by atoms with E-state index in [0.29, 0.717) is 5.02 Å². The van der Waals surface area contributed by atoms with E-state index in [-0.39, 0.29) is 21.7 Å². The number of rotatable bonds is 6. The first-order chi connectivity index (χ1) is 13.2. The zero-order valence-electron chi connectivity index (χ0n) is 14.5. The van der Waals surface area contributed by atoms with Gasteiger partial charge in [0.25, 0.3) is 15.9 Å². The van der Waals surface area contributed by atoms with E-state index in [2.05, 4.69) is 4.72 Å². The second kappa shape index (κ2) is 7.63. The molecule has 0 heterocycles. The molecule has 0 saturated carbocycles. The average molecular weight is 417 g/mol. The molecule has 3 aromatic rings. The van der Waals surface area contributed by atoms with Gasteiger partial charge in [-0.05, 0) is 47.5 Å². The second-order valence-electron chi connectivity index (χ2n) is 6.08. The maximum atomic E-state index is 12.6. The van der Waals surface area contributed by atoms with Crippen LogP contribution < -0.4 is 10.5 Å². The number of anilines is 1. The zero-order valence-corrected chi connectivity index (χ0v) is 16.1. The summed E-state index contributed by atoms with van der Waals surface area (Å²) in [4.78, 5) is 12.1. The third kappa shape index (κ3) is 3.87. The van der Waals surface area contributed by atoms with Crippen LogP contribution in [0.15, 0.2) is 83.8 Å². The van der Waals surface area contributed by atoms with Gasteiger partial charge in [0.1, 0.15) is 0 Å². The molecule has 3 aromatic carbocycles. The van der Waals surface area contributed by atoms with Crippen LogP contribution in [-0.4, -0.2) is 19.4 Å². The first-order valence-electron chi connectivity index (χ1n) is 8.20. The Kier molecular flexibility index (Phi) is 5.42. The molecule has 1 atom stereocenters. The largest absolute Gasteiger partial charge is 0.372 e. The van der Waals surface area contributed by atoms with Crippen LogP contribution in [0.4, 0.5) is 5.69 Å². The highest BCUT2D eigenvalue weighted by molar-refractivity contribution is 7.92. The number of hydrogen-bond acceptors (Lipinski definition) is 4. The van der Waals surface area contributed by atoms with Gasteiger partial charge in [0.2, 0.25) is 0 Å². The van der Waals surface area contributed by atoms with Crippen molar-refractivity contribution in [3.8, 4) is 0 Å². The predicted molar refractivity (Wildman–Crippen MR) is 107 cm³/mol. The minimum absolute atomic E-state index is 0.0236. The Morgan fingerprint density at radius 2 is 1.54 bits per heavy atom. The van der Waals surface area contributed by atoms with Crippen LogP contribution >= 0.6 is 11.6 Å². The fourth-order valence-electron chi connectivity index (χ4n) is 2.77. The molecule has 0 saturated heterocycles. The van der Waals surface area contributed by atoms with Crippen LogP contribution in [0.3, 0.4) is 0 Å². The van der Waals surface area contributed by atoms with Gasteiger partial charge in [-0.2, -0.15) is 0 Å². The molecule has 4 N–H and O–H groups in total. The van der Waals surface area contributed by atoms with Crippen molar-refractivity contribution in [3.63, 3.8) is 0 Å². The minimum atomic E-state index is -3.88. The van der Waals surface area contributed by atoms with E-state index in [4.69, 9.17) is 17.3 Å². The molecule has 6 nitrogen and oxygen atoms in total. The summed E-state index contributed by atoms with van der Waals surface area (Å²) >= 11 is 5.79. The Morgan fingerprint density at radius 3 is 2.14 bits per heavy atom. The van der Waals surface area contributed by atoms with E-state index >= 15 is 0 Å². The summed E-state index contributed by atoms with van der Waals surface area (Å²) in [5, 5.41) is 11.4. The monoisotopic (exact) mass is 416 g/mol. The number of amides is 1. The van der Waals surface area contributed by atoms with E-state index < -0.39 is 21.5 Å². The molecule has 28 heavy (non-hydrogen) atoms. The van der Waals surface area contributed by atoms with E-state index in [1.807, 2.05) is 0 Å². The quantitative estimate of drug-likeness (QED) is 0.573. The first kappa shape index (κ1) is 19.9. The van der Waals surface area contributed by atoms with Crippen molar-refractivity contribution >= 4 is 33.2 Å². The number of carbonyl (C=O) groups is 1. The molecule has 1 amide bonds. The van der Waals surface area contributed by atoms with Gasteiger partial charge < -0.3 is 10.8 Å². The highest BCUT2D eigenvalue weighted by Gasteiger charge is 2.38. The molecule has 0 aliphatic rings. The molecular formula is C20H17ClN2O4S. The smallest absolute Gasteiger partial charge is 0.261 e. The molecular weight excluding hydrogens is 400 g/mol. The van der Waals surface area contributed by atoms with Gasteiger partial charge >= 0.3 is 0 Å². The molecule has 144 valence electrons. The van der Waals surface area contributed by atoms with E-state index in [1.54, 1.807) is 30.3 Å². The summed E-state index contributed by atoms with van der Waals surface area (Å²) < 4.78 is 27.6. The van der Waals surface area contributed by atoms with Gasteiger partial charge in [0.05, 0.1) is 4.90 Å². The van der Waals surface area contributed by atoms with Crippen molar-refractivity contribution in [2.75, 3.05) is 4.72 Å². The Bertz CT molecular complexity index is 1100. The fourth-order valence-corrected chi connectivity index (χ4v) is 3.94. The van der Waals surface area contributed by atoms with Crippen LogP contribution in [0.5, 0.6) is 0 Å². The number of hydrogen-bond donors (Lipinski definition) is 3. The lowest BCUT2D eigenvalue weighted by Gasteiger charge is -2.26. The molecule has 0 spiro atoms. The number of sulfonamides is 1. The Balaban J connectivity index is 2.00. The lowest BCUT2D eigenvalue weighted by Crippen LogP contribution is -2.42. The van der Waals surface area contributed by atoms with Crippen LogP contribution in [0.25, 0.3) is 0 Å². The average Bonchev–Trinajstić information content (AvgIpc) is 2.68. The summed E-state index contributed by atoms with van der Waals surface area (Å²) in [6.07, 6.45) is 0. The van der Waals surface area contributed by atoms with Crippen molar-refractivity contribution in [1.29, 1.82) is 0 Å². The third-order valence-electron chi connectivity index (χ3n) is 4.20. The van der Waals surface area contributed by atoms with Crippen molar-refractivity contribution in [2.24, 2.45) is 5.73 Å². The predicted octanol–water partition coefficient (Wildman–Crippen LogP) is 2.86. The van der Waals surface area contributed by atoms with E-state index in [9.17, 15) is 18.3 Å². The number of carbonyl (C=O) groups excluding carboxylic acids is 1. The molecule has 8 heteroatoms. The molecule has 0 aliphatic carbocycles. The van der Waals surface area contributed by atoms with Crippen LogP contribution in [0.1, 0.15) is 11.1 Å². The van der Waals surface area contributed by atoms with Crippen LogP contribution in [0, 0.1) is 0 Å². The topological polar surface area (TPSA) is 109 Å². The molecule has 0 aliphatic heterocycles. The van der Waals surface area contributed by atoms with Gasteiger partial charge in [-0.1, -0.05) is 54.1 Å². The molecule has 0 bridgehead atoms. The second-order valence-corrected chi connectivity index (χ2v) is 8.20. The van der Waals surface area contributed by atoms with Gasteiger partial charge in [-0.25, -0.2) is 8.42 Å². The molecule has 0 radical (unpaired) electrons. The maximum Gasteiger partial charge on any atom is 0.261 e. The molecule has 0 fully saturated rings. The zero-order chi connectivity index (χ0) is 20.4. The molecule has 3 rings (SSSR count). The van der Waals surface area contributed by atoms with Gasteiger partial charge in [0.15, 0.2) is 5.60 Å². The van der Waals surface area contributed by atoms with Gasteiger partial charge in [0, 0.05) is 10.7 Å². The third-order valence-corrected chi connectivity index (χ3v) is 5.85. The van der Waals surface area contributed by atoms with E-state index in [0.717, 1.165) is 0 Å². The maximum absolute atomic E-state index is 12.6. The fraction of sp³-hybridized carbons (Fsp3) is 0.0500. The Labute approximate surface area is 167 Å². The molecule has 1 unspecified atom stereocenters. The van der Waals surface area contributed by atoms with Crippen molar-refractivity contribution in [3.05, 3.63) is 95.0 Å². The summed E-state index contributed by atoms with van der Waals surface area (Å²) in [5.41, 5.74) is 3.96. The summed E-state index contributed by atoms with van der Waals surface area (Å²) in [5.74, 6) is -0.976. The minimum Gasteiger partial charge on any atom is -0.372 e. The Morgan fingerprint density at radius 1 is 0.929 bits per heavy atom. The number of nitrogens with one attached hydrogen (secondary N) is 1. The molecule has 0 aromatic heterocycles. The van der Waals surface area contributed by atoms with Crippen molar-refractivity contribution < 1.29 is 18.3 Å². The highest BCUT2D eigenvalue weighted by Crippen LogP contribution is 2.31. The normalized spacial score (nSPS) is 13.5. The van der Waals surface area contributed by atoms with Crippen molar-refractivity contribution in [1.82, 2.24) is 0 Å². The number of halogens is 1. The summed E-state index contributed by atoms with van der Waals surface area (Å²) in [7, 11) is -3.88. The number of primary amides is 1. The Hall–Kier alpha value is -2.87. The number of benzene rings is 3. The highest BCUT2D eigenvalue weighted by atomic mass is 35.5. The van der Waals surface area contributed by atoms with Gasteiger partial charge in [-0.15, -0.1) is 0 Å². The lowest BCUT2D eigenvalue weighted by atomic mass is 9.85. The number of nitrogens with two attached hydrogens (primary N) is 1. The lowest BCUT2D eigenvalue weighted by molar-refractivity contribution is -0.133.